The summed E-state index contributed by atoms with van der Waals surface area (Å²) in [7, 11) is 0. The van der Waals surface area contributed by atoms with Crippen LogP contribution >= 0.6 is 11.8 Å². The monoisotopic (exact) mass is 278 g/mol. The van der Waals surface area contributed by atoms with Gasteiger partial charge in [0.15, 0.2) is 0 Å². The zero-order valence-electron chi connectivity index (χ0n) is 11.6. The molecule has 2 atom stereocenters. The van der Waals surface area contributed by atoms with Crippen LogP contribution in [0.25, 0.3) is 0 Å². The van der Waals surface area contributed by atoms with Crippen molar-refractivity contribution in [2.24, 2.45) is 0 Å². The van der Waals surface area contributed by atoms with Gasteiger partial charge in [0.2, 0.25) is 5.91 Å². The summed E-state index contributed by atoms with van der Waals surface area (Å²) < 4.78 is 0. The fraction of sp³-hybridized carbons (Fsp3) is 0.533. The fourth-order valence-electron chi connectivity index (χ4n) is 2.40. The Morgan fingerprint density at radius 1 is 1.47 bits per heavy atom. The Labute approximate surface area is 119 Å². The fourth-order valence-corrected chi connectivity index (χ4v) is 3.13. The maximum atomic E-state index is 12.3. The predicted molar refractivity (Wildman–Crippen MR) is 81.4 cm³/mol. The average molecular weight is 278 g/mol. The van der Waals surface area contributed by atoms with Crippen molar-refractivity contribution in [2.75, 3.05) is 12.0 Å². The van der Waals surface area contributed by atoms with Crippen LogP contribution in [0.2, 0.25) is 0 Å². The molecule has 0 bridgehead atoms. The smallest absolute Gasteiger partial charge is 0.237 e. The van der Waals surface area contributed by atoms with Gasteiger partial charge in [0.25, 0.3) is 0 Å². The summed E-state index contributed by atoms with van der Waals surface area (Å²) in [4.78, 5) is 12.3. The van der Waals surface area contributed by atoms with Crippen LogP contribution in [-0.2, 0) is 17.8 Å². The molecule has 1 aromatic carbocycles. The Balaban J connectivity index is 1.95. The highest BCUT2D eigenvalue weighted by Crippen LogP contribution is 2.16. The number of amides is 1. The Bertz CT molecular complexity index is 436. The molecule has 0 radical (unpaired) electrons. The minimum atomic E-state index is -0.0918. The SMILES string of the molecule is CCC(CSC)NC(=O)[C@H]1Cc2ccccc2CN1. The second-order valence-electron chi connectivity index (χ2n) is 4.98. The molecule has 2 N–H and O–H groups in total. The molecule has 0 saturated heterocycles. The van der Waals surface area contributed by atoms with Gasteiger partial charge in [-0.1, -0.05) is 31.2 Å². The second-order valence-corrected chi connectivity index (χ2v) is 5.89. The van der Waals surface area contributed by atoms with Crippen LogP contribution in [0.15, 0.2) is 24.3 Å². The summed E-state index contributed by atoms with van der Waals surface area (Å²) in [5.74, 6) is 1.11. The van der Waals surface area contributed by atoms with Crippen molar-refractivity contribution >= 4 is 17.7 Å². The van der Waals surface area contributed by atoms with Gasteiger partial charge in [0.05, 0.1) is 6.04 Å². The van der Waals surface area contributed by atoms with Crippen molar-refractivity contribution < 1.29 is 4.79 Å². The molecule has 1 aliphatic heterocycles. The number of nitrogens with one attached hydrogen (secondary N) is 2. The normalized spacial score (nSPS) is 19.6. The molecule has 1 unspecified atom stereocenters. The molecule has 19 heavy (non-hydrogen) atoms. The molecule has 1 heterocycles. The van der Waals surface area contributed by atoms with Crippen LogP contribution in [0.3, 0.4) is 0 Å². The minimum Gasteiger partial charge on any atom is -0.351 e. The van der Waals surface area contributed by atoms with Crippen LogP contribution in [0.4, 0.5) is 0 Å². The maximum absolute atomic E-state index is 12.3. The van der Waals surface area contributed by atoms with Crippen molar-refractivity contribution in [3.63, 3.8) is 0 Å². The topological polar surface area (TPSA) is 41.1 Å². The molecule has 2 rings (SSSR count). The van der Waals surface area contributed by atoms with Gasteiger partial charge in [-0.15, -0.1) is 0 Å². The highest BCUT2D eigenvalue weighted by atomic mass is 32.2. The first-order chi connectivity index (χ1) is 9.24. The van der Waals surface area contributed by atoms with Crippen LogP contribution in [0.1, 0.15) is 24.5 Å². The van der Waals surface area contributed by atoms with Gasteiger partial charge < -0.3 is 10.6 Å². The number of fused-ring (bicyclic) bond motifs is 1. The van der Waals surface area contributed by atoms with Crippen LogP contribution in [-0.4, -0.2) is 30.0 Å². The first-order valence-electron chi connectivity index (χ1n) is 6.84. The van der Waals surface area contributed by atoms with E-state index in [2.05, 4.69) is 35.9 Å². The van der Waals surface area contributed by atoms with Crippen LogP contribution in [0.5, 0.6) is 0 Å². The molecule has 1 aliphatic rings. The molecule has 4 heteroatoms. The lowest BCUT2D eigenvalue weighted by molar-refractivity contribution is -0.123. The van der Waals surface area contributed by atoms with Gasteiger partial charge in [0.1, 0.15) is 0 Å². The first kappa shape index (κ1) is 14.4. The first-order valence-corrected chi connectivity index (χ1v) is 8.23. The predicted octanol–water partition coefficient (Wildman–Crippen LogP) is 1.96. The standard InChI is InChI=1S/C15H22N2OS/c1-3-13(10-19-2)17-15(18)14-8-11-6-4-5-7-12(11)9-16-14/h4-7,13-14,16H,3,8-10H2,1-2H3,(H,17,18)/t13?,14-/m1/s1. The van der Waals surface area contributed by atoms with E-state index in [-0.39, 0.29) is 18.0 Å². The molecule has 104 valence electrons. The van der Waals surface area contributed by atoms with E-state index in [4.69, 9.17) is 0 Å². The summed E-state index contributed by atoms with van der Waals surface area (Å²) in [6, 6.07) is 8.52. The molecular formula is C15H22N2OS. The van der Waals surface area contributed by atoms with Gasteiger partial charge in [-0.3, -0.25) is 4.79 Å². The third-order valence-corrected chi connectivity index (χ3v) is 4.34. The number of carbonyl (C=O) groups excluding carboxylic acids is 1. The molecule has 0 aromatic heterocycles. The van der Waals surface area contributed by atoms with E-state index in [1.54, 1.807) is 11.8 Å². The lowest BCUT2D eigenvalue weighted by Crippen LogP contribution is -2.50. The Morgan fingerprint density at radius 2 is 2.21 bits per heavy atom. The van der Waals surface area contributed by atoms with Crippen LogP contribution < -0.4 is 10.6 Å². The molecular weight excluding hydrogens is 256 g/mol. The summed E-state index contributed by atoms with van der Waals surface area (Å²) in [6.45, 7) is 2.90. The highest BCUT2D eigenvalue weighted by molar-refractivity contribution is 7.98. The van der Waals surface area contributed by atoms with E-state index in [0.717, 1.165) is 25.1 Å². The average Bonchev–Trinajstić information content (AvgIpc) is 2.46. The number of rotatable bonds is 5. The van der Waals surface area contributed by atoms with E-state index in [0.29, 0.717) is 0 Å². The van der Waals surface area contributed by atoms with Crippen molar-refractivity contribution in [2.45, 2.75) is 38.4 Å². The van der Waals surface area contributed by atoms with Crippen molar-refractivity contribution in [1.29, 1.82) is 0 Å². The Hall–Kier alpha value is -1.00. The number of thioether (sulfide) groups is 1. The Kier molecular flexibility index (Phi) is 5.28. The molecule has 0 spiro atoms. The lowest BCUT2D eigenvalue weighted by atomic mass is 9.95. The van der Waals surface area contributed by atoms with Crippen molar-refractivity contribution in [3.05, 3.63) is 35.4 Å². The van der Waals surface area contributed by atoms with Crippen LogP contribution in [0, 0.1) is 0 Å². The number of benzene rings is 1. The largest absolute Gasteiger partial charge is 0.351 e. The zero-order valence-corrected chi connectivity index (χ0v) is 12.4. The summed E-state index contributed by atoms with van der Waals surface area (Å²) in [5, 5.41) is 6.47. The molecule has 1 amide bonds. The number of hydrogen-bond donors (Lipinski definition) is 2. The molecule has 0 saturated carbocycles. The third-order valence-electron chi connectivity index (χ3n) is 3.60. The number of carbonyl (C=O) groups is 1. The minimum absolute atomic E-state index is 0.0918. The van der Waals surface area contributed by atoms with E-state index < -0.39 is 0 Å². The summed E-state index contributed by atoms with van der Waals surface area (Å²) >= 11 is 1.78. The summed E-state index contributed by atoms with van der Waals surface area (Å²) in [6.07, 6.45) is 3.84. The second kappa shape index (κ2) is 6.96. The van der Waals surface area contributed by atoms with E-state index in [1.807, 2.05) is 12.1 Å². The van der Waals surface area contributed by atoms with Gasteiger partial charge in [-0.05, 0) is 30.2 Å². The Morgan fingerprint density at radius 3 is 2.89 bits per heavy atom. The third kappa shape index (κ3) is 3.74. The molecule has 0 fully saturated rings. The highest BCUT2D eigenvalue weighted by Gasteiger charge is 2.24. The zero-order chi connectivity index (χ0) is 13.7. The van der Waals surface area contributed by atoms with E-state index in [9.17, 15) is 4.79 Å². The van der Waals surface area contributed by atoms with Gasteiger partial charge in [-0.25, -0.2) is 0 Å². The summed E-state index contributed by atoms with van der Waals surface area (Å²) in [5.41, 5.74) is 2.60. The van der Waals surface area contributed by atoms with Gasteiger partial charge >= 0.3 is 0 Å². The molecule has 3 nitrogen and oxygen atoms in total. The van der Waals surface area contributed by atoms with E-state index in [1.165, 1.54) is 11.1 Å². The molecule has 0 aliphatic carbocycles. The maximum Gasteiger partial charge on any atom is 0.237 e. The van der Waals surface area contributed by atoms with Gasteiger partial charge in [-0.2, -0.15) is 11.8 Å². The molecule has 1 aromatic rings. The van der Waals surface area contributed by atoms with Crippen molar-refractivity contribution in [1.82, 2.24) is 10.6 Å². The lowest BCUT2D eigenvalue weighted by Gasteiger charge is -2.27. The van der Waals surface area contributed by atoms with Gasteiger partial charge in [0, 0.05) is 18.3 Å². The quantitative estimate of drug-likeness (QED) is 0.865. The van der Waals surface area contributed by atoms with E-state index >= 15 is 0 Å². The number of hydrogen-bond acceptors (Lipinski definition) is 3. The van der Waals surface area contributed by atoms with Crippen molar-refractivity contribution in [3.8, 4) is 0 Å².